The number of unbranched alkanes of at least 4 members (excludes halogenated alkanes) is 36. The van der Waals surface area contributed by atoms with Crippen molar-refractivity contribution >= 4 is 52.1 Å². The number of nitrogens with one attached hydrogen (secondary N) is 4. The normalized spacial score (nSPS) is 11.1. The van der Waals surface area contributed by atoms with Gasteiger partial charge < -0.3 is 63.9 Å². The Morgan fingerprint density at radius 2 is 0.509 bits per heavy atom. The van der Waals surface area contributed by atoms with Crippen molar-refractivity contribution in [1.29, 1.82) is 0 Å². The number of nitrogens with zero attached hydrogens (tertiary/aromatic N) is 1. The zero-order valence-electron chi connectivity index (χ0n) is 67.5. The van der Waals surface area contributed by atoms with Crippen LogP contribution in [0, 0.1) is 17.0 Å². The fraction of sp³-hybridized carbons (Fsp3) is 0.614. The molecule has 600 valence electrons. The van der Waals surface area contributed by atoms with E-state index in [1.807, 2.05) is 13.0 Å². The molecule has 0 aromatic heterocycles. The average Bonchev–Trinajstić information content (AvgIpc) is 0.795. The van der Waals surface area contributed by atoms with Gasteiger partial charge in [0.2, 0.25) is 5.75 Å². The van der Waals surface area contributed by atoms with Gasteiger partial charge in [-0.2, -0.15) is 0 Å². The van der Waals surface area contributed by atoms with Crippen LogP contribution in [0.5, 0.6) is 51.7 Å². The molecule has 0 spiro atoms. The molecule has 20 heteroatoms. The summed E-state index contributed by atoms with van der Waals surface area (Å²) in [5.74, 6) is -1.22. The van der Waals surface area contributed by atoms with Crippen LogP contribution in [0.3, 0.4) is 0 Å². The lowest BCUT2D eigenvalue weighted by Crippen LogP contribution is -2.19. The molecule has 0 aliphatic carbocycles. The third kappa shape index (κ3) is 32.8. The van der Waals surface area contributed by atoms with E-state index < -0.39 is 34.2 Å². The highest BCUT2D eigenvalue weighted by atomic mass is 16.6. The van der Waals surface area contributed by atoms with Gasteiger partial charge in [-0.3, -0.25) is 29.3 Å². The molecule has 5 aromatic rings. The Kier molecular flexibility index (Phi) is 45.3. The maximum atomic E-state index is 15.3. The number of nitro groups is 1. The molecule has 4 N–H and O–H groups in total. The van der Waals surface area contributed by atoms with Crippen molar-refractivity contribution in [3.63, 3.8) is 0 Å². The molecular formula is C88H133N5O15. The van der Waals surface area contributed by atoms with Crippen LogP contribution >= 0.6 is 0 Å². The van der Waals surface area contributed by atoms with Gasteiger partial charge in [0.1, 0.15) is 46.0 Å². The van der Waals surface area contributed by atoms with E-state index in [4.69, 9.17) is 42.6 Å². The lowest BCUT2D eigenvalue weighted by atomic mass is 10.1. The lowest BCUT2D eigenvalue weighted by molar-refractivity contribution is -0.385. The molecule has 0 heterocycles. The summed E-state index contributed by atoms with van der Waals surface area (Å²) in [5, 5.41) is 24.7. The summed E-state index contributed by atoms with van der Waals surface area (Å²) >= 11 is 0. The molecule has 5 aromatic carbocycles. The van der Waals surface area contributed by atoms with Crippen molar-refractivity contribution in [3.05, 3.63) is 105 Å². The zero-order chi connectivity index (χ0) is 77.9. The summed E-state index contributed by atoms with van der Waals surface area (Å²) < 4.78 is 54.6. The standard InChI is InChI=1S/C88H133N5O15/c1-11-15-19-23-27-31-35-39-43-47-53-105-81-62-77(101-7)67(85(94)89-71-57-66(5)51-52-76(71)100-6)58-72(81)90-86(95)68-59-73(82(63-78(68)102-8)106-54-48-44-40-36-32-28-24-20-16-12-2)91-87(96)69-60-74(83(64-79(69)103-9)107-55-49-45-41-37-33-29-25-21-17-13-3)92-88(97)70-61-75(93(98)99)84(65-80(70)104-10)108-56-50-46-42-38-34-30-26-22-18-14-4/h51-52,57-65H,11-50,53-56H2,1-10H3,(H,89,94)(H,90,95)(H,91,96)(H,92,97). The van der Waals surface area contributed by atoms with E-state index >= 15 is 9.59 Å². The second-order valence-corrected chi connectivity index (χ2v) is 28.6. The summed E-state index contributed by atoms with van der Waals surface area (Å²) in [7, 11) is 7.21. The van der Waals surface area contributed by atoms with E-state index in [2.05, 4.69) is 49.0 Å². The number of hydrogen-bond acceptors (Lipinski definition) is 15. The number of nitro benzene ring substituents is 1. The van der Waals surface area contributed by atoms with E-state index in [0.717, 1.165) is 95.1 Å². The summed E-state index contributed by atoms with van der Waals surface area (Å²) in [4.78, 5) is 71.9. The predicted octanol–water partition coefficient (Wildman–Crippen LogP) is 24.2. The van der Waals surface area contributed by atoms with Crippen molar-refractivity contribution in [1.82, 2.24) is 0 Å². The highest BCUT2D eigenvalue weighted by molar-refractivity contribution is 6.14. The van der Waals surface area contributed by atoms with E-state index in [1.54, 1.807) is 24.3 Å². The molecule has 0 atom stereocenters. The van der Waals surface area contributed by atoms with Crippen molar-refractivity contribution < 1.29 is 66.7 Å². The van der Waals surface area contributed by atoms with E-state index in [-0.39, 0.29) is 105 Å². The Morgan fingerprint density at radius 3 is 0.759 bits per heavy atom. The fourth-order valence-electron chi connectivity index (χ4n) is 13.3. The maximum Gasteiger partial charge on any atom is 0.312 e. The SMILES string of the molecule is CCCCCCCCCCCCOc1cc(OC)c(C(=O)Nc2cc(C)ccc2OC)cc1NC(=O)c1cc(NC(=O)c2cc(NC(=O)c3cc([N+](=O)[O-])c(OCCCCCCCCCCCC)cc3OC)c(OCCCCCCCCCCCC)cc2OC)c(OCCCCCCCCCCCC)cc1OC. The molecule has 108 heavy (non-hydrogen) atoms. The van der Waals surface area contributed by atoms with Crippen LogP contribution in [-0.4, -0.2) is 90.5 Å². The van der Waals surface area contributed by atoms with Gasteiger partial charge in [0.15, 0.2) is 0 Å². The van der Waals surface area contributed by atoms with Crippen LogP contribution in [0.4, 0.5) is 28.4 Å². The van der Waals surface area contributed by atoms with E-state index in [9.17, 15) is 19.7 Å². The highest BCUT2D eigenvalue weighted by Crippen LogP contribution is 2.42. The van der Waals surface area contributed by atoms with Gasteiger partial charge in [0, 0.05) is 30.3 Å². The second kappa shape index (κ2) is 54.2. The van der Waals surface area contributed by atoms with Crippen molar-refractivity contribution in [2.75, 3.05) is 83.2 Å². The highest BCUT2D eigenvalue weighted by Gasteiger charge is 2.29. The largest absolute Gasteiger partial charge is 0.496 e. The van der Waals surface area contributed by atoms with Gasteiger partial charge in [0.05, 0.1) is 112 Å². The number of aryl methyl sites for hydroxylation is 1. The quantitative estimate of drug-likeness (QED) is 0.0161. The first kappa shape index (κ1) is 90.2. The average molecular weight is 1500 g/mol. The number of rotatable bonds is 62. The molecule has 0 bridgehead atoms. The van der Waals surface area contributed by atoms with Crippen LogP contribution < -0.4 is 63.9 Å². The van der Waals surface area contributed by atoms with Crippen LogP contribution in [0.2, 0.25) is 0 Å². The summed E-state index contributed by atoms with van der Waals surface area (Å²) in [6.45, 7) is 11.9. The van der Waals surface area contributed by atoms with Gasteiger partial charge in [-0.1, -0.05) is 265 Å². The third-order valence-electron chi connectivity index (χ3n) is 19.7. The fourth-order valence-corrected chi connectivity index (χ4v) is 13.3. The number of benzene rings is 5. The number of amides is 4. The number of methoxy groups -OCH3 is 5. The van der Waals surface area contributed by atoms with Gasteiger partial charge in [-0.25, -0.2) is 0 Å². The van der Waals surface area contributed by atoms with Gasteiger partial charge in [0.25, 0.3) is 23.6 Å². The molecule has 0 saturated heterocycles. The molecular weight excluding hydrogens is 1370 g/mol. The molecule has 4 amide bonds. The minimum atomic E-state index is -0.784. The molecule has 5 rings (SSSR count). The lowest BCUT2D eigenvalue weighted by Gasteiger charge is -2.20. The number of carbonyl (C=O) groups is 4. The summed E-state index contributed by atoms with van der Waals surface area (Å²) in [5.41, 5.74) is 1.11. The topological polar surface area (TPSA) is 243 Å². The Bertz CT molecular complexity index is 3450. The summed E-state index contributed by atoms with van der Waals surface area (Å²) in [6, 6.07) is 17.0. The number of ether oxygens (including phenoxy) is 9. The smallest absolute Gasteiger partial charge is 0.312 e. The minimum absolute atomic E-state index is 0.0139. The van der Waals surface area contributed by atoms with Crippen LogP contribution in [0.25, 0.3) is 0 Å². The van der Waals surface area contributed by atoms with Crippen molar-refractivity contribution in [2.45, 2.75) is 291 Å². The zero-order valence-corrected chi connectivity index (χ0v) is 67.5. The molecule has 0 fully saturated rings. The molecule has 0 radical (unpaired) electrons. The summed E-state index contributed by atoms with van der Waals surface area (Å²) in [6.07, 6.45) is 44.7. The first-order valence-electron chi connectivity index (χ1n) is 41.1. The molecule has 0 aliphatic heterocycles. The number of carbonyl (C=O) groups excluding carboxylic acids is 4. The van der Waals surface area contributed by atoms with Gasteiger partial charge >= 0.3 is 5.69 Å². The predicted molar refractivity (Wildman–Crippen MR) is 438 cm³/mol. The second-order valence-electron chi connectivity index (χ2n) is 28.6. The molecule has 20 nitrogen and oxygen atoms in total. The van der Waals surface area contributed by atoms with Crippen LogP contribution in [0.1, 0.15) is 332 Å². The van der Waals surface area contributed by atoms with Crippen molar-refractivity contribution in [2.24, 2.45) is 0 Å². The first-order valence-corrected chi connectivity index (χ1v) is 41.1. The minimum Gasteiger partial charge on any atom is -0.496 e. The van der Waals surface area contributed by atoms with Gasteiger partial charge in [-0.05, 0) is 68.5 Å². The van der Waals surface area contributed by atoms with Gasteiger partial charge in [-0.15, -0.1) is 0 Å². The Morgan fingerprint density at radius 1 is 0.287 bits per heavy atom. The molecule has 0 aliphatic rings. The molecule has 0 unspecified atom stereocenters. The van der Waals surface area contributed by atoms with E-state index in [0.29, 0.717) is 37.3 Å². The Balaban J connectivity index is 1.53. The van der Waals surface area contributed by atoms with Crippen LogP contribution in [0.15, 0.2) is 66.7 Å². The Labute approximate surface area is 646 Å². The molecule has 0 saturated carbocycles. The first-order chi connectivity index (χ1) is 52.7. The number of hydrogen-bond donors (Lipinski definition) is 4. The Hall–Kier alpha value is -8.42. The number of anilines is 4. The maximum absolute atomic E-state index is 15.3. The van der Waals surface area contributed by atoms with E-state index in [1.165, 1.54) is 220 Å². The monoisotopic (exact) mass is 1500 g/mol. The third-order valence-corrected chi connectivity index (χ3v) is 19.7. The van der Waals surface area contributed by atoms with Crippen molar-refractivity contribution in [3.8, 4) is 51.7 Å². The van der Waals surface area contributed by atoms with Crippen LogP contribution in [-0.2, 0) is 0 Å².